The topological polar surface area (TPSA) is 56.2 Å². The second-order valence-electron chi connectivity index (χ2n) is 4.12. The first-order chi connectivity index (χ1) is 8.44. The molecule has 0 spiro atoms. The van der Waals surface area contributed by atoms with Gasteiger partial charge in [0.15, 0.2) is 0 Å². The average Bonchev–Trinajstić information content (AvgIpc) is 3.01. The number of carbonyl (C=O) groups excluding carboxylic acids is 1. The molecule has 0 unspecified atom stereocenters. The number of rotatable bonds is 5. The van der Waals surface area contributed by atoms with E-state index in [0.29, 0.717) is 5.69 Å². The highest BCUT2D eigenvalue weighted by Gasteiger charge is 2.30. The molecule has 0 radical (unpaired) electrons. The van der Waals surface area contributed by atoms with Gasteiger partial charge in [-0.25, -0.2) is 4.68 Å². The quantitative estimate of drug-likeness (QED) is 0.880. The van der Waals surface area contributed by atoms with Crippen LogP contribution in [0.4, 0.5) is 18.9 Å². The first-order valence-corrected chi connectivity index (χ1v) is 5.42. The summed E-state index contributed by atoms with van der Waals surface area (Å²) in [6.07, 6.45) is 0.216. The van der Waals surface area contributed by atoms with E-state index in [9.17, 15) is 18.0 Å². The first-order valence-electron chi connectivity index (χ1n) is 5.42. The monoisotopic (exact) mass is 263 g/mol. The van der Waals surface area contributed by atoms with Gasteiger partial charge in [-0.2, -0.15) is 18.3 Å². The van der Waals surface area contributed by atoms with Crippen molar-refractivity contribution in [2.45, 2.75) is 25.7 Å². The van der Waals surface area contributed by atoms with E-state index in [1.54, 1.807) is 0 Å². The molecule has 1 saturated carbocycles. The molecule has 0 aromatic carbocycles. The van der Waals surface area contributed by atoms with Gasteiger partial charge in [0.1, 0.15) is 13.3 Å². The van der Waals surface area contributed by atoms with E-state index in [4.69, 9.17) is 0 Å². The number of ether oxygens (including phenoxy) is 1. The molecule has 0 saturated heterocycles. The molecule has 1 N–H and O–H groups in total. The largest absolute Gasteiger partial charge is 0.411 e. The van der Waals surface area contributed by atoms with Crippen molar-refractivity contribution in [1.29, 1.82) is 0 Å². The molecule has 18 heavy (non-hydrogen) atoms. The van der Waals surface area contributed by atoms with E-state index >= 15 is 0 Å². The van der Waals surface area contributed by atoms with Crippen LogP contribution >= 0.6 is 0 Å². The van der Waals surface area contributed by atoms with Gasteiger partial charge in [0, 0.05) is 5.92 Å². The van der Waals surface area contributed by atoms with Crippen molar-refractivity contribution in [2.24, 2.45) is 5.92 Å². The smallest absolute Gasteiger partial charge is 0.350 e. The molecule has 1 aromatic heterocycles. The van der Waals surface area contributed by atoms with Crippen molar-refractivity contribution >= 4 is 11.6 Å². The normalized spacial score (nSPS) is 15.7. The fourth-order valence-electron chi connectivity index (χ4n) is 1.34. The van der Waals surface area contributed by atoms with Gasteiger partial charge < -0.3 is 10.1 Å². The second kappa shape index (κ2) is 4.97. The number of nitrogens with one attached hydrogen (secondary N) is 1. The summed E-state index contributed by atoms with van der Waals surface area (Å²) in [6, 6.07) is 0. The summed E-state index contributed by atoms with van der Waals surface area (Å²) in [4.78, 5) is 11.4. The van der Waals surface area contributed by atoms with Crippen molar-refractivity contribution in [2.75, 3.05) is 11.9 Å². The average molecular weight is 263 g/mol. The lowest BCUT2D eigenvalue weighted by Gasteiger charge is -2.07. The highest BCUT2D eigenvalue weighted by molar-refractivity contribution is 5.93. The Balaban J connectivity index is 1.77. The molecule has 1 aliphatic rings. The molecule has 0 bridgehead atoms. The molecular weight excluding hydrogens is 251 g/mol. The Hall–Kier alpha value is -1.57. The van der Waals surface area contributed by atoms with E-state index in [2.05, 4.69) is 15.2 Å². The van der Waals surface area contributed by atoms with E-state index in [-0.39, 0.29) is 18.6 Å². The van der Waals surface area contributed by atoms with Gasteiger partial charge in [-0.1, -0.05) is 0 Å². The third-order valence-electron chi connectivity index (χ3n) is 2.34. The van der Waals surface area contributed by atoms with Gasteiger partial charge in [0.25, 0.3) is 0 Å². The summed E-state index contributed by atoms with van der Waals surface area (Å²) in [6.45, 7) is -1.63. The van der Waals surface area contributed by atoms with Crippen molar-refractivity contribution in [3.05, 3.63) is 12.4 Å². The molecule has 1 amide bonds. The van der Waals surface area contributed by atoms with Crippen LogP contribution in [0.1, 0.15) is 12.8 Å². The number of hydrogen-bond donors (Lipinski definition) is 1. The maximum absolute atomic E-state index is 11.8. The molecule has 100 valence electrons. The number of anilines is 1. The molecule has 8 heteroatoms. The maximum atomic E-state index is 11.8. The molecule has 1 aromatic rings. The summed E-state index contributed by atoms with van der Waals surface area (Å²) in [5, 5.41) is 6.41. The van der Waals surface area contributed by atoms with Crippen molar-refractivity contribution < 1.29 is 22.7 Å². The van der Waals surface area contributed by atoms with Gasteiger partial charge in [0.05, 0.1) is 18.1 Å². The van der Waals surface area contributed by atoms with Gasteiger partial charge >= 0.3 is 6.18 Å². The van der Waals surface area contributed by atoms with Crippen LogP contribution in [0.2, 0.25) is 0 Å². The predicted octanol–water partition coefficient (Wildman–Crippen LogP) is 1.77. The van der Waals surface area contributed by atoms with E-state index in [0.717, 1.165) is 12.8 Å². The summed E-state index contributed by atoms with van der Waals surface area (Å²) < 4.78 is 41.1. The zero-order chi connectivity index (χ0) is 13.2. The zero-order valence-electron chi connectivity index (χ0n) is 9.41. The van der Waals surface area contributed by atoms with Crippen LogP contribution < -0.4 is 5.32 Å². The highest BCUT2D eigenvalue weighted by atomic mass is 19.4. The molecule has 5 nitrogen and oxygen atoms in total. The Morgan fingerprint density at radius 2 is 2.28 bits per heavy atom. The third kappa shape index (κ3) is 4.02. The van der Waals surface area contributed by atoms with Crippen LogP contribution in [-0.4, -0.2) is 28.5 Å². The third-order valence-corrected chi connectivity index (χ3v) is 2.34. The predicted molar refractivity (Wildman–Crippen MR) is 55.6 cm³/mol. The van der Waals surface area contributed by atoms with E-state index in [1.165, 1.54) is 17.1 Å². The Morgan fingerprint density at radius 1 is 1.56 bits per heavy atom. The van der Waals surface area contributed by atoms with Gasteiger partial charge in [-0.05, 0) is 12.8 Å². The number of halogens is 3. The van der Waals surface area contributed by atoms with Crippen LogP contribution in [0.5, 0.6) is 0 Å². The standard InChI is InChI=1S/C10H12F3N3O2/c11-10(12,13)5-18-6-16-4-8(3-14-16)15-9(17)7-1-2-7/h3-4,7H,1-2,5-6H2,(H,15,17). The lowest BCUT2D eigenvalue weighted by atomic mass is 10.4. The molecule has 1 fully saturated rings. The Kier molecular flexibility index (Phi) is 3.55. The van der Waals surface area contributed by atoms with Gasteiger partial charge in [-0.15, -0.1) is 0 Å². The zero-order valence-corrected chi connectivity index (χ0v) is 9.41. The minimum atomic E-state index is -4.35. The molecular formula is C10H12F3N3O2. The Labute approximate surface area is 101 Å². The van der Waals surface area contributed by atoms with Crippen LogP contribution in [-0.2, 0) is 16.3 Å². The summed E-state index contributed by atoms with van der Waals surface area (Å²) in [7, 11) is 0. The van der Waals surface area contributed by atoms with Gasteiger partial charge in [-0.3, -0.25) is 4.79 Å². The minimum absolute atomic E-state index is 0.0647. The SMILES string of the molecule is O=C(Nc1cnn(COCC(F)(F)F)c1)C1CC1. The van der Waals surface area contributed by atoms with Gasteiger partial charge in [0.2, 0.25) is 5.91 Å². The van der Waals surface area contributed by atoms with Crippen LogP contribution in [0.3, 0.4) is 0 Å². The molecule has 1 aliphatic carbocycles. The number of alkyl halides is 3. The number of nitrogens with zero attached hydrogens (tertiary/aromatic N) is 2. The second-order valence-corrected chi connectivity index (χ2v) is 4.12. The van der Waals surface area contributed by atoms with Crippen LogP contribution in [0, 0.1) is 5.92 Å². The Morgan fingerprint density at radius 3 is 2.89 bits per heavy atom. The maximum Gasteiger partial charge on any atom is 0.411 e. The van der Waals surface area contributed by atoms with Crippen molar-refractivity contribution in [3.63, 3.8) is 0 Å². The summed E-state index contributed by atoms with van der Waals surface area (Å²) in [5.74, 6) is -0.0133. The Bertz CT molecular complexity index is 426. The first kappa shape index (κ1) is 12.9. The van der Waals surface area contributed by atoms with Crippen LogP contribution in [0.15, 0.2) is 12.4 Å². The lowest BCUT2D eigenvalue weighted by Crippen LogP contribution is -2.18. The van der Waals surface area contributed by atoms with Crippen molar-refractivity contribution in [3.8, 4) is 0 Å². The summed E-state index contributed by atoms with van der Waals surface area (Å²) in [5.41, 5.74) is 0.461. The number of hydrogen-bond acceptors (Lipinski definition) is 3. The fraction of sp³-hybridized carbons (Fsp3) is 0.600. The highest BCUT2D eigenvalue weighted by Crippen LogP contribution is 2.30. The minimum Gasteiger partial charge on any atom is -0.350 e. The fourth-order valence-corrected chi connectivity index (χ4v) is 1.34. The van der Waals surface area contributed by atoms with Crippen LogP contribution in [0.25, 0.3) is 0 Å². The summed E-state index contributed by atoms with van der Waals surface area (Å²) >= 11 is 0. The number of carbonyl (C=O) groups is 1. The van der Waals surface area contributed by atoms with E-state index in [1.807, 2.05) is 0 Å². The number of aromatic nitrogens is 2. The number of amides is 1. The molecule has 0 atom stereocenters. The lowest BCUT2D eigenvalue weighted by molar-refractivity contribution is -0.182. The molecule has 2 rings (SSSR count). The molecule has 0 aliphatic heterocycles. The van der Waals surface area contributed by atoms with Crippen molar-refractivity contribution in [1.82, 2.24) is 9.78 Å². The van der Waals surface area contributed by atoms with E-state index < -0.39 is 12.8 Å². The molecule has 1 heterocycles.